The number of rotatable bonds is 7. The Labute approximate surface area is 239 Å². The van der Waals surface area contributed by atoms with Gasteiger partial charge in [0.1, 0.15) is 16.8 Å². The normalized spacial score (nSPS) is 15.2. The fourth-order valence-electron chi connectivity index (χ4n) is 4.60. The van der Waals surface area contributed by atoms with Crippen LogP contribution in [-0.4, -0.2) is 35.8 Å². The van der Waals surface area contributed by atoms with E-state index in [9.17, 15) is 23.2 Å². The average Bonchev–Trinajstić information content (AvgIpc) is 3.26. The van der Waals surface area contributed by atoms with Gasteiger partial charge in [0.15, 0.2) is 16.7 Å². The number of carbonyl (C=O) groups is 1. The lowest BCUT2D eigenvalue weighted by molar-refractivity contribution is -0.141. The molecule has 1 atom stereocenters. The van der Waals surface area contributed by atoms with Crippen LogP contribution in [-0.2, 0) is 23.8 Å². The van der Waals surface area contributed by atoms with E-state index >= 15 is 0 Å². The first-order valence-corrected chi connectivity index (χ1v) is 14.3. The SMILES string of the molecule is COc1ccc(-c2cc(C(F)(F)F)nc(SCC(=O)Nc3sc4c(c3C#N)CC[C@@H](C(C)(C)C)C4)n2)cc1OC. The Morgan fingerprint density at radius 1 is 1.18 bits per heavy atom. The first-order chi connectivity index (χ1) is 18.8. The Balaban J connectivity index is 1.54. The molecular weight excluding hydrogens is 561 g/mol. The number of aromatic nitrogens is 2. The largest absolute Gasteiger partial charge is 0.493 e. The number of nitrogens with one attached hydrogen (secondary N) is 1. The number of alkyl halides is 3. The minimum atomic E-state index is -4.71. The topological polar surface area (TPSA) is 97.1 Å². The smallest absolute Gasteiger partial charge is 0.433 e. The van der Waals surface area contributed by atoms with Crippen molar-refractivity contribution < 1.29 is 27.4 Å². The number of benzene rings is 1. The number of thiophene rings is 1. The Morgan fingerprint density at radius 3 is 2.52 bits per heavy atom. The number of nitriles is 1. The molecule has 3 aromatic rings. The van der Waals surface area contributed by atoms with Crippen molar-refractivity contribution >= 4 is 34.0 Å². The van der Waals surface area contributed by atoms with Crippen molar-refractivity contribution in [2.75, 3.05) is 25.3 Å². The highest BCUT2D eigenvalue weighted by Gasteiger charge is 2.35. The van der Waals surface area contributed by atoms with E-state index in [0.29, 0.717) is 33.5 Å². The molecule has 212 valence electrons. The molecule has 1 aliphatic rings. The summed E-state index contributed by atoms with van der Waals surface area (Å²) in [7, 11) is 2.88. The molecule has 4 rings (SSSR count). The van der Waals surface area contributed by atoms with Crippen molar-refractivity contribution in [2.24, 2.45) is 11.3 Å². The number of methoxy groups -OCH3 is 2. The van der Waals surface area contributed by atoms with Crippen LogP contribution in [0.25, 0.3) is 11.3 Å². The molecule has 0 unspecified atom stereocenters. The molecule has 0 saturated carbocycles. The van der Waals surface area contributed by atoms with Gasteiger partial charge in [-0.1, -0.05) is 32.5 Å². The third-order valence-electron chi connectivity index (χ3n) is 6.86. The molecule has 0 saturated heterocycles. The predicted octanol–water partition coefficient (Wildman–Crippen LogP) is 6.99. The summed E-state index contributed by atoms with van der Waals surface area (Å²) in [5, 5.41) is 12.8. The van der Waals surface area contributed by atoms with Crippen LogP contribution in [0.4, 0.5) is 18.2 Å². The lowest BCUT2D eigenvalue weighted by Gasteiger charge is -2.33. The van der Waals surface area contributed by atoms with Gasteiger partial charge in [-0.3, -0.25) is 4.79 Å². The summed E-state index contributed by atoms with van der Waals surface area (Å²) in [4.78, 5) is 21.9. The second kappa shape index (κ2) is 11.7. The number of anilines is 1. The molecule has 2 aromatic heterocycles. The second-order valence-corrected chi connectivity index (χ2v) is 12.5. The maximum atomic E-state index is 13.7. The van der Waals surface area contributed by atoms with Gasteiger partial charge in [0.25, 0.3) is 0 Å². The summed E-state index contributed by atoms with van der Waals surface area (Å²) < 4.78 is 51.4. The summed E-state index contributed by atoms with van der Waals surface area (Å²) in [5.41, 5.74) is 0.857. The van der Waals surface area contributed by atoms with Crippen LogP contribution in [0.5, 0.6) is 11.5 Å². The molecule has 0 radical (unpaired) electrons. The van der Waals surface area contributed by atoms with E-state index in [1.807, 2.05) is 0 Å². The number of nitrogens with zero attached hydrogens (tertiary/aromatic N) is 3. The fourth-order valence-corrected chi connectivity index (χ4v) is 6.55. The van der Waals surface area contributed by atoms with Gasteiger partial charge in [-0.15, -0.1) is 11.3 Å². The third kappa shape index (κ3) is 6.53. The summed E-state index contributed by atoms with van der Waals surface area (Å²) >= 11 is 2.19. The van der Waals surface area contributed by atoms with Crippen LogP contribution in [0.2, 0.25) is 0 Å². The second-order valence-electron chi connectivity index (χ2n) is 10.5. The van der Waals surface area contributed by atoms with Crippen molar-refractivity contribution in [2.45, 2.75) is 51.4 Å². The van der Waals surface area contributed by atoms with E-state index < -0.39 is 17.8 Å². The van der Waals surface area contributed by atoms with Crippen LogP contribution in [0, 0.1) is 22.7 Å². The Hall–Kier alpha value is -3.30. The van der Waals surface area contributed by atoms with Crippen molar-refractivity contribution in [3.63, 3.8) is 0 Å². The number of hydrogen-bond acceptors (Lipinski definition) is 8. The van der Waals surface area contributed by atoms with Crippen molar-refractivity contribution in [3.05, 3.63) is 46.0 Å². The third-order valence-corrected chi connectivity index (χ3v) is 8.88. The zero-order valence-corrected chi connectivity index (χ0v) is 24.4. The molecular formula is C28H29F3N4O3S2. The number of carbonyl (C=O) groups excluding carboxylic acids is 1. The number of halogens is 3. The first-order valence-electron chi connectivity index (χ1n) is 12.5. The molecule has 12 heteroatoms. The van der Waals surface area contributed by atoms with Gasteiger partial charge in [0, 0.05) is 10.4 Å². The van der Waals surface area contributed by atoms with Gasteiger partial charge in [-0.25, -0.2) is 9.97 Å². The zero-order valence-electron chi connectivity index (χ0n) is 22.7. The number of hydrogen-bond donors (Lipinski definition) is 1. The molecule has 1 amide bonds. The molecule has 40 heavy (non-hydrogen) atoms. The molecule has 1 aromatic carbocycles. The molecule has 0 fully saturated rings. The fraction of sp³-hybridized carbons (Fsp3) is 0.429. The minimum Gasteiger partial charge on any atom is -0.493 e. The van der Waals surface area contributed by atoms with E-state index in [4.69, 9.17) is 9.47 Å². The Bertz CT molecular complexity index is 1460. The van der Waals surface area contributed by atoms with Crippen molar-refractivity contribution in [1.82, 2.24) is 9.97 Å². The molecule has 0 aliphatic heterocycles. The van der Waals surface area contributed by atoms with E-state index in [0.717, 1.165) is 47.5 Å². The monoisotopic (exact) mass is 590 g/mol. The standard InChI is InChI=1S/C28H29F3N4O3S2/c1-27(2,3)16-7-8-17-18(13-32)25(40-22(17)11-16)35-24(36)14-39-26-33-19(12-23(34-26)28(29,30)31)15-6-9-20(37-4)21(10-15)38-5/h6,9-10,12,16H,7-8,11,14H2,1-5H3,(H,35,36)/t16-/m1/s1. The minimum absolute atomic E-state index is 0.0253. The number of ether oxygens (including phenoxy) is 2. The van der Waals surface area contributed by atoms with E-state index in [-0.39, 0.29) is 22.0 Å². The zero-order chi connectivity index (χ0) is 29.2. The highest BCUT2D eigenvalue weighted by Crippen LogP contribution is 2.44. The summed E-state index contributed by atoms with van der Waals surface area (Å²) in [5.74, 6) is 0.540. The maximum Gasteiger partial charge on any atom is 0.433 e. The maximum absolute atomic E-state index is 13.7. The van der Waals surface area contributed by atoms with Crippen LogP contribution in [0.3, 0.4) is 0 Å². The number of thioether (sulfide) groups is 1. The predicted molar refractivity (Wildman–Crippen MR) is 149 cm³/mol. The Kier molecular flexibility index (Phi) is 8.66. The van der Waals surface area contributed by atoms with Gasteiger partial charge >= 0.3 is 6.18 Å². The first kappa shape index (κ1) is 29.7. The highest BCUT2D eigenvalue weighted by atomic mass is 32.2. The quantitative estimate of drug-likeness (QED) is 0.234. The number of fused-ring (bicyclic) bond motifs is 1. The van der Waals surface area contributed by atoms with Crippen LogP contribution in [0.1, 0.15) is 48.9 Å². The van der Waals surface area contributed by atoms with Crippen LogP contribution >= 0.6 is 23.1 Å². The van der Waals surface area contributed by atoms with Gasteiger partial charge in [0.2, 0.25) is 5.91 Å². The van der Waals surface area contributed by atoms with Gasteiger partial charge in [-0.2, -0.15) is 18.4 Å². The lowest BCUT2D eigenvalue weighted by Crippen LogP contribution is -2.26. The van der Waals surface area contributed by atoms with Crippen molar-refractivity contribution in [3.8, 4) is 28.8 Å². The molecule has 1 aliphatic carbocycles. The lowest BCUT2D eigenvalue weighted by atomic mass is 9.72. The van der Waals surface area contributed by atoms with Gasteiger partial charge in [-0.05, 0) is 60.4 Å². The summed E-state index contributed by atoms with van der Waals surface area (Å²) in [6, 6.07) is 7.74. The molecule has 7 nitrogen and oxygen atoms in total. The van der Waals surface area contributed by atoms with Crippen LogP contribution < -0.4 is 14.8 Å². The van der Waals surface area contributed by atoms with E-state index in [1.165, 1.54) is 31.6 Å². The molecule has 0 spiro atoms. The van der Waals surface area contributed by atoms with Crippen molar-refractivity contribution in [1.29, 1.82) is 5.26 Å². The highest BCUT2D eigenvalue weighted by molar-refractivity contribution is 7.99. The van der Waals surface area contributed by atoms with E-state index in [1.54, 1.807) is 12.1 Å². The molecule has 1 N–H and O–H groups in total. The van der Waals surface area contributed by atoms with Gasteiger partial charge in [0.05, 0.1) is 31.2 Å². The van der Waals surface area contributed by atoms with Gasteiger partial charge < -0.3 is 14.8 Å². The molecule has 2 heterocycles. The molecule has 0 bridgehead atoms. The Morgan fingerprint density at radius 2 is 1.90 bits per heavy atom. The van der Waals surface area contributed by atoms with Crippen LogP contribution in [0.15, 0.2) is 29.4 Å². The summed E-state index contributed by atoms with van der Waals surface area (Å²) in [6.07, 6.45) is -2.12. The summed E-state index contributed by atoms with van der Waals surface area (Å²) in [6.45, 7) is 6.61. The van der Waals surface area contributed by atoms with E-state index in [2.05, 4.69) is 42.1 Å². The average molecular weight is 591 g/mol. The number of amides is 1.